The van der Waals surface area contributed by atoms with Gasteiger partial charge in [0, 0.05) is 11.1 Å². The highest BCUT2D eigenvalue weighted by molar-refractivity contribution is 5.97. The van der Waals surface area contributed by atoms with Crippen molar-refractivity contribution >= 4 is 11.8 Å². The van der Waals surface area contributed by atoms with Gasteiger partial charge in [0.25, 0.3) is 11.8 Å². The molecule has 0 heterocycles. The van der Waals surface area contributed by atoms with Crippen LogP contribution < -0.4 is 10.8 Å². The largest absolute Gasteiger partial charge is 0.370 e. The SMILES string of the molecule is C#Cc1ccc(C(=O)NC(C(=O)NO)C(C)OC(C)(C)C)cc1. The minimum atomic E-state index is -1.04. The van der Waals surface area contributed by atoms with Gasteiger partial charge in [-0.15, -0.1) is 6.42 Å². The molecule has 124 valence electrons. The Kier molecular flexibility index (Phi) is 6.31. The second-order valence-corrected chi connectivity index (χ2v) is 6.08. The second kappa shape index (κ2) is 7.77. The number of carbonyl (C=O) groups is 2. The van der Waals surface area contributed by atoms with Gasteiger partial charge in [-0.1, -0.05) is 5.92 Å². The van der Waals surface area contributed by atoms with Gasteiger partial charge in [-0.05, 0) is 52.0 Å². The van der Waals surface area contributed by atoms with E-state index < -0.39 is 29.6 Å². The van der Waals surface area contributed by atoms with Crippen molar-refractivity contribution in [1.82, 2.24) is 10.8 Å². The van der Waals surface area contributed by atoms with E-state index in [-0.39, 0.29) is 0 Å². The van der Waals surface area contributed by atoms with Gasteiger partial charge in [0.15, 0.2) is 0 Å². The van der Waals surface area contributed by atoms with Gasteiger partial charge in [-0.25, -0.2) is 5.48 Å². The highest BCUT2D eigenvalue weighted by atomic mass is 16.5. The molecule has 0 bridgehead atoms. The molecule has 0 aliphatic heterocycles. The molecule has 6 nitrogen and oxygen atoms in total. The van der Waals surface area contributed by atoms with Crippen molar-refractivity contribution in [3.05, 3.63) is 35.4 Å². The first kappa shape index (κ1) is 18.7. The zero-order valence-corrected chi connectivity index (χ0v) is 13.7. The summed E-state index contributed by atoms with van der Waals surface area (Å²) >= 11 is 0. The fourth-order valence-corrected chi connectivity index (χ4v) is 2.03. The van der Waals surface area contributed by atoms with Crippen molar-refractivity contribution in [2.24, 2.45) is 0 Å². The molecule has 1 aromatic carbocycles. The molecular formula is C17H22N2O4. The molecule has 0 saturated heterocycles. The number of carbonyl (C=O) groups excluding carboxylic acids is 2. The third kappa shape index (κ3) is 5.74. The fourth-order valence-electron chi connectivity index (χ4n) is 2.03. The number of rotatable bonds is 5. The minimum absolute atomic E-state index is 0.350. The lowest BCUT2D eigenvalue weighted by atomic mass is 10.1. The molecule has 2 amide bonds. The maximum atomic E-state index is 12.3. The Labute approximate surface area is 136 Å². The van der Waals surface area contributed by atoms with Crippen molar-refractivity contribution in [2.75, 3.05) is 0 Å². The fraction of sp³-hybridized carbons (Fsp3) is 0.412. The summed E-state index contributed by atoms with van der Waals surface area (Å²) in [6.45, 7) is 7.14. The summed E-state index contributed by atoms with van der Waals surface area (Å²) in [6.07, 6.45) is 4.62. The van der Waals surface area contributed by atoms with Crippen LogP contribution in [0.3, 0.4) is 0 Å². The average Bonchev–Trinajstić information content (AvgIpc) is 2.49. The molecule has 3 N–H and O–H groups in total. The van der Waals surface area contributed by atoms with Gasteiger partial charge < -0.3 is 10.1 Å². The number of hydroxylamine groups is 1. The van der Waals surface area contributed by atoms with Crippen LogP contribution in [0.4, 0.5) is 0 Å². The predicted octanol–water partition coefficient (Wildman–Crippen LogP) is 1.48. The lowest BCUT2D eigenvalue weighted by molar-refractivity contribution is -0.138. The number of amides is 2. The van der Waals surface area contributed by atoms with Crippen LogP contribution in [0.25, 0.3) is 0 Å². The van der Waals surface area contributed by atoms with Crippen LogP contribution in [0.5, 0.6) is 0 Å². The number of hydrogen-bond donors (Lipinski definition) is 3. The Hall–Kier alpha value is -2.36. The van der Waals surface area contributed by atoms with E-state index in [0.717, 1.165) is 0 Å². The Balaban J connectivity index is 2.89. The number of hydrogen-bond acceptors (Lipinski definition) is 4. The highest BCUT2D eigenvalue weighted by Gasteiger charge is 2.30. The van der Waals surface area contributed by atoms with Crippen LogP contribution in [0.1, 0.15) is 43.6 Å². The Morgan fingerprint density at radius 1 is 1.26 bits per heavy atom. The van der Waals surface area contributed by atoms with Crippen molar-refractivity contribution in [3.63, 3.8) is 0 Å². The molecule has 2 atom stereocenters. The molecular weight excluding hydrogens is 296 g/mol. The van der Waals surface area contributed by atoms with E-state index in [4.69, 9.17) is 16.4 Å². The zero-order valence-electron chi connectivity index (χ0n) is 13.7. The quantitative estimate of drug-likeness (QED) is 0.436. The third-order valence-corrected chi connectivity index (χ3v) is 3.00. The van der Waals surface area contributed by atoms with E-state index in [0.29, 0.717) is 11.1 Å². The van der Waals surface area contributed by atoms with E-state index in [1.807, 2.05) is 20.8 Å². The molecule has 1 aromatic rings. The van der Waals surface area contributed by atoms with Gasteiger partial charge in [-0.3, -0.25) is 14.8 Å². The molecule has 0 radical (unpaired) electrons. The number of benzene rings is 1. The molecule has 0 spiro atoms. The first-order valence-corrected chi connectivity index (χ1v) is 7.17. The Morgan fingerprint density at radius 2 is 1.83 bits per heavy atom. The smallest absolute Gasteiger partial charge is 0.268 e. The normalized spacial score (nSPS) is 13.6. The predicted molar refractivity (Wildman–Crippen MR) is 85.9 cm³/mol. The first-order chi connectivity index (χ1) is 10.7. The zero-order chi connectivity index (χ0) is 17.6. The average molecular weight is 318 g/mol. The summed E-state index contributed by atoms with van der Waals surface area (Å²) in [6, 6.07) is 5.34. The van der Waals surface area contributed by atoms with Gasteiger partial charge in [0.1, 0.15) is 6.04 Å². The van der Waals surface area contributed by atoms with Gasteiger partial charge in [0.2, 0.25) is 0 Å². The molecule has 0 saturated carbocycles. The van der Waals surface area contributed by atoms with Crippen LogP contribution >= 0.6 is 0 Å². The molecule has 2 unspecified atom stereocenters. The topological polar surface area (TPSA) is 87.7 Å². The van der Waals surface area contributed by atoms with Crippen LogP contribution in [-0.4, -0.2) is 34.8 Å². The Bertz CT molecular complexity index is 597. The molecule has 0 fully saturated rings. The molecule has 0 aliphatic carbocycles. The molecule has 0 aromatic heterocycles. The van der Waals surface area contributed by atoms with E-state index in [1.165, 1.54) is 0 Å². The van der Waals surface area contributed by atoms with Crippen LogP contribution in [0, 0.1) is 12.3 Å². The standard InChI is InChI=1S/C17H22N2O4/c1-6-12-7-9-13(10-8-12)15(20)18-14(16(21)19-22)11(2)23-17(3,4)5/h1,7-11,14,22H,2-5H3,(H,18,20)(H,19,21). The molecule has 0 aliphatic rings. The summed E-state index contributed by atoms with van der Waals surface area (Å²) in [4.78, 5) is 24.1. The lowest BCUT2D eigenvalue weighted by Crippen LogP contribution is -2.53. The van der Waals surface area contributed by atoms with E-state index in [9.17, 15) is 9.59 Å². The van der Waals surface area contributed by atoms with Crippen molar-refractivity contribution in [1.29, 1.82) is 0 Å². The maximum absolute atomic E-state index is 12.3. The van der Waals surface area contributed by atoms with Crippen molar-refractivity contribution < 1.29 is 19.5 Å². The third-order valence-electron chi connectivity index (χ3n) is 3.00. The Morgan fingerprint density at radius 3 is 2.26 bits per heavy atom. The summed E-state index contributed by atoms with van der Waals surface area (Å²) in [5, 5.41) is 11.4. The molecule has 6 heteroatoms. The van der Waals surface area contributed by atoms with Gasteiger partial charge >= 0.3 is 0 Å². The summed E-state index contributed by atoms with van der Waals surface area (Å²) < 4.78 is 5.68. The van der Waals surface area contributed by atoms with Crippen LogP contribution in [0.2, 0.25) is 0 Å². The maximum Gasteiger partial charge on any atom is 0.268 e. The van der Waals surface area contributed by atoms with E-state index >= 15 is 0 Å². The van der Waals surface area contributed by atoms with Crippen LogP contribution in [-0.2, 0) is 9.53 Å². The van der Waals surface area contributed by atoms with Gasteiger partial charge in [-0.2, -0.15) is 0 Å². The minimum Gasteiger partial charge on any atom is -0.370 e. The number of nitrogens with one attached hydrogen (secondary N) is 2. The first-order valence-electron chi connectivity index (χ1n) is 7.17. The van der Waals surface area contributed by atoms with Crippen LogP contribution in [0.15, 0.2) is 24.3 Å². The summed E-state index contributed by atoms with van der Waals surface area (Å²) in [5.41, 5.74) is 2.04. The number of terminal acetylenes is 1. The van der Waals surface area contributed by atoms with E-state index in [1.54, 1.807) is 36.7 Å². The highest BCUT2D eigenvalue weighted by Crippen LogP contribution is 2.14. The summed E-state index contributed by atoms with van der Waals surface area (Å²) in [5.74, 6) is 1.24. The second-order valence-electron chi connectivity index (χ2n) is 6.08. The molecule has 23 heavy (non-hydrogen) atoms. The molecule has 1 rings (SSSR count). The van der Waals surface area contributed by atoms with Gasteiger partial charge in [0.05, 0.1) is 11.7 Å². The van der Waals surface area contributed by atoms with Crippen molar-refractivity contribution in [3.8, 4) is 12.3 Å². The lowest BCUT2D eigenvalue weighted by Gasteiger charge is -2.30. The van der Waals surface area contributed by atoms with E-state index in [2.05, 4.69) is 11.2 Å². The summed E-state index contributed by atoms with van der Waals surface area (Å²) in [7, 11) is 0. The number of ether oxygens (including phenoxy) is 1. The monoisotopic (exact) mass is 318 g/mol. The van der Waals surface area contributed by atoms with Crippen molar-refractivity contribution in [2.45, 2.75) is 45.4 Å².